The molecule has 2 aromatic carbocycles. The maximum Gasteiger partial charge on any atom is 0.319 e. The maximum atomic E-state index is 13.0. The van der Waals surface area contributed by atoms with Crippen LogP contribution in [0.25, 0.3) is 0 Å². The lowest BCUT2D eigenvalue weighted by atomic mass is 9.91. The van der Waals surface area contributed by atoms with Crippen molar-refractivity contribution in [2.45, 2.75) is 42.3 Å². The Morgan fingerprint density at radius 3 is 2.73 bits per heavy atom. The number of thioether (sulfide) groups is 1. The SMILES string of the molecule is COc1ccc(C[C@@H]2NC(=O)[C@@H]3C[C@@H](NC(=O)Nc4cccc(SC)c4)CCN3C2=O)cc1. The minimum Gasteiger partial charge on any atom is -0.497 e. The summed E-state index contributed by atoms with van der Waals surface area (Å²) in [5.74, 6) is 0.494. The summed E-state index contributed by atoms with van der Waals surface area (Å²) in [6.45, 7) is 0.433. The predicted octanol–water partition coefficient (Wildman–Crippen LogP) is 2.64. The summed E-state index contributed by atoms with van der Waals surface area (Å²) in [5.41, 5.74) is 1.66. The predicted molar refractivity (Wildman–Crippen MR) is 128 cm³/mol. The molecular weight excluding hydrogens is 440 g/mol. The van der Waals surface area contributed by atoms with Crippen LogP contribution < -0.4 is 20.7 Å². The molecule has 2 saturated heterocycles. The fourth-order valence-corrected chi connectivity index (χ4v) is 4.79. The molecule has 0 radical (unpaired) electrons. The van der Waals surface area contributed by atoms with Gasteiger partial charge < -0.3 is 25.6 Å². The van der Waals surface area contributed by atoms with Gasteiger partial charge in [0.05, 0.1) is 7.11 Å². The highest BCUT2D eigenvalue weighted by Crippen LogP contribution is 2.24. The first kappa shape index (κ1) is 23.0. The molecule has 4 rings (SSSR count). The molecule has 4 amide bonds. The molecule has 0 saturated carbocycles. The summed E-state index contributed by atoms with van der Waals surface area (Å²) in [6, 6.07) is 13.4. The van der Waals surface area contributed by atoms with E-state index in [-0.39, 0.29) is 23.9 Å². The number of methoxy groups -OCH3 is 1. The molecule has 0 bridgehead atoms. The van der Waals surface area contributed by atoms with Crippen molar-refractivity contribution in [3.63, 3.8) is 0 Å². The Bertz CT molecular complexity index is 1030. The summed E-state index contributed by atoms with van der Waals surface area (Å²) in [7, 11) is 1.60. The van der Waals surface area contributed by atoms with Crippen LogP contribution in [-0.4, -0.2) is 60.8 Å². The highest BCUT2D eigenvalue weighted by molar-refractivity contribution is 7.98. The van der Waals surface area contributed by atoms with Crippen LogP contribution in [0.5, 0.6) is 5.75 Å². The quantitative estimate of drug-likeness (QED) is 0.566. The molecule has 2 heterocycles. The van der Waals surface area contributed by atoms with Crippen molar-refractivity contribution in [3.05, 3.63) is 54.1 Å². The van der Waals surface area contributed by atoms with Gasteiger partial charge in [0, 0.05) is 29.6 Å². The minimum atomic E-state index is -0.585. The third kappa shape index (κ3) is 5.42. The zero-order valence-corrected chi connectivity index (χ0v) is 19.5. The van der Waals surface area contributed by atoms with E-state index in [0.717, 1.165) is 16.2 Å². The summed E-state index contributed by atoms with van der Waals surface area (Å²) in [4.78, 5) is 41.0. The van der Waals surface area contributed by atoms with E-state index >= 15 is 0 Å². The van der Waals surface area contributed by atoms with Crippen molar-refractivity contribution >= 4 is 35.3 Å². The first-order valence-corrected chi connectivity index (χ1v) is 12.1. The van der Waals surface area contributed by atoms with Crippen LogP contribution in [-0.2, 0) is 16.0 Å². The second-order valence-corrected chi connectivity index (χ2v) is 9.09. The average molecular weight is 469 g/mol. The van der Waals surface area contributed by atoms with Gasteiger partial charge in [0.1, 0.15) is 17.8 Å². The summed E-state index contributed by atoms with van der Waals surface area (Å²) in [6.07, 6.45) is 3.40. The Hall–Kier alpha value is -3.20. The molecule has 0 aliphatic carbocycles. The smallest absolute Gasteiger partial charge is 0.319 e. The van der Waals surface area contributed by atoms with Gasteiger partial charge in [0.15, 0.2) is 0 Å². The van der Waals surface area contributed by atoms with Gasteiger partial charge in [-0.05, 0) is 55.0 Å². The molecule has 0 unspecified atom stereocenters. The van der Waals surface area contributed by atoms with Crippen molar-refractivity contribution in [2.75, 3.05) is 25.2 Å². The van der Waals surface area contributed by atoms with Crippen molar-refractivity contribution in [1.82, 2.24) is 15.5 Å². The number of urea groups is 1. The Labute approximate surface area is 197 Å². The van der Waals surface area contributed by atoms with Crippen LogP contribution in [0.15, 0.2) is 53.4 Å². The first-order valence-electron chi connectivity index (χ1n) is 10.9. The minimum absolute atomic E-state index is 0.0767. The van der Waals surface area contributed by atoms with E-state index in [9.17, 15) is 14.4 Å². The molecule has 3 N–H and O–H groups in total. The molecule has 174 valence electrons. The number of amides is 4. The Morgan fingerprint density at radius 2 is 2.00 bits per heavy atom. The number of nitrogens with zero attached hydrogens (tertiary/aromatic N) is 1. The highest BCUT2D eigenvalue weighted by atomic mass is 32.2. The van der Waals surface area contributed by atoms with Gasteiger partial charge in [-0.25, -0.2) is 4.79 Å². The van der Waals surface area contributed by atoms with Gasteiger partial charge in [-0.2, -0.15) is 0 Å². The summed E-state index contributed by atoms with van der Waals surface area (Å²) < 4.78 is 5.17. The van der Waals surface area contributed by atoms with Crippen molar-refractivity contribution in [1.29, 1.82) is 0 Å². The largest absolute Gasteiger partial charge is 0.497 e. The van der Waals surface area contributed by atoms with E-state index in [0.29, 0.717) is 31.5 Å². The number of hydrogen-bond acceptors (Lipinski definition) is 5. The van der Waals surface area contributed by atoms with E-state index in [1.807, 2.05) is 54.8 Å². The number of fused-ring (bicyclic) bond motifs is 1. The molecule has 8 nitrogen and oxygen atoms in total. The number of nitrogens with one attached hydrogen (secondary N) is 3. The molecule has 0 spiro atoms. The Morgan fingerprint density at radius 1 is 1.21 bits per heavy atom. The summed E-state index contributed by atoms with van der Waals surface area (Å²) in [5, 5.41) is 8.67. The van der Waals surface area contributed by atoms with Crippen LogP contribution in [0, 0.1) is 0 Å². The molecule has 9 heteroatoms. The van der Waals surface area contributed by atoms with E-state index in [1.165, 1.54) is 0 Å². The van der Waals surface area contributed by atoms with Crippen LogP contribution in [0.4, 0.5) is 10.5 Å². The van der Waals surface area contributed by atoms with E-state index < -0.39 is 12.1 Å². The number of piperazine rings is 1. The Kier molecular flexibility index (Phi) is 7.08. The van der Waals surface area contributed by atoms with Crippen molar-refractivity contribution in [2.24, 2.45) is 0 Å². The number of piperidine rings is 1. The van der Waals surface area contributed by atoms with Crippen LogP contribution in [0.3, 0.4) is 0 Å². The lowest BCUT2D eigenvalue weighted by Crippen LogP contribution is -2.67. The fourth-order valence-electron chi connectivity index (χ4n) is 4.33. The number of ether oxygens (including phenoxy) is 1. The standard InChI is InChI=1S/C24H28N4O4S/c1-32-18-8-6-15(7-9-18)12-20-23(30)28-11-10-17(14-21(28)22(29)27-20)26-24(31)25-16-4-3-5-19(13-16)33-2/h3-9,13,17,20-21H,10-12,14H2,1-2H3,(H,27,29)(H2,25,26,31)/t17-,20-,21-/m0/s1. The van der Waals surface area contributed by atoms with Crippen LogP contribution in [0.1, 0.15) is 18.4 Å². The van der Waals surface area contributed by atoms with Gasteiger partial charge in [-0.3, -0.25) is 9.59 Å². The Balaban J connectivity index is 1.33. The third-order valence-corrected chi connectivity index (χ3v) is 6.79. The molecule has 2 fully saturated rings. The molecule has 33 heavy (non-hydrogen) atoms. The average Bonchev–Trinajstić information content (AvgIpc) is 2.83. The maximum absolute atomic E-state index is 13.0. The fraction of sp³-hybridized carbons (Fsp3) is 0.375. The monoisotopic (exact) mass is 468 g/mol. The van der Waals surface area contributed by atoms with E-state index in [2.05, 4.69) is 16.0 Å². The van der Waals surface area contributed by atoms with Crippen LogP contribution in [0.2, 0.25) is 0 Å². The first-order chi connectivity index (χ1) is 16.0. The molecule has 2 aromatic rings. The van der Waals surface area contributed by atoms with E-state index in [4.69, 9.17) is 4.74 Å². The zero-order chi connectivity index (χ0) is 23.4. The molecule has 2 aliphatic rings. The van der Waals surface area contributed by atoms with Gasteiger partial charge in [-0.15, -0.1) is 11.8 Å². The number of carbonyl (C=O) groups excluding carboxylic acids is 3. The highest BCUT2D eigenvalue weighted by Gasteiger charge is 2.44. The number of benzene rings is 2. The number of anilines is 1. The van der Waals surface area contributed by atoms with Gasteiger partial charge >= 0.3 is 6.03 Å². The van der Waals surface area contributed by atoms with E-state index in [1.54, 1.807) is 23.8 Å². The topological polar surface area (TPSA) is 99.8 Å². The number of carbonyl (C=O) groups is 3. The second kappa shape index (κ2) is 10.2. The lowest BCUT2D eigenvalue weighted by Gasteiger charge is -2.44. The number of rotatable bonds is 6. The molecular formula is C24H28N4O4S. The van der Waals surface area contributed by atoms with Crippen molar-refractivity contribution in [3.8, 4) is 5.75 Å². The van der Waals surface area contributed by atoms with Crippen LogP contribution >= 0.6 is 11.8 Å². The van der Waals surface area contributed by atoms with Gasteiger partial charge in [0.25, 0.3) is 0 Å². The van der Waals surface area contributed by atoms with Gasteiger partial charge in [0.2, 0.25) is 11.8 Å². The molecule has 2 aliphatic heterocycles. The van der Waals surface area contributed by atoms with Gasteiger partial charge in [-0.1, -0.05) is 18.2 Å². The normalized spacial score (nSPS) is 22.2. The number of hydrogen-bond donors (Lipinski definition) is 3. The second-order valence-electron chi connectivity index (χ2n) is 8.21. The summed E-state index contributed by atoms with van der Waals surface area (Å²) >= 11 is 1.60. The molecule has 0 aromatic heterocycles. The third-order valence-electron chi connectivity index (χ3n) is 6.06. The van der Waals surface area contributed by atoms with Crippen molar-refractivity contribution < 1.29 is 19.1 Å². The lowest BCUT2D eigenvalue weighted by molar-refractivity contribution is -0.151. The zero-order valence-electron chi connectivity index (χ0n) is 18.7. The molecule has 3 atom stereocenters.